The van der Waals surface area contributed by atoms with Crippen molar-refractivity contribution < 1.29 is 19.0 Å². The summed E-state index contributed by atoms with van der Waals surface area (Å²) in [6.45, 7) is 3.68. The molecule has 1 aliphatic rings. The highest BCUT2D eigenvalue weighted by Crippen LogP contribution is 2.44. The minimum absolute atomic E-state index is 0.374. The molecule has 0 radical (unpaired) electrons. The van der Waals surface area contributed by atoms with Gasteiger partial charge in [0, 0.05) is 0 Å². The lowest BCUT2D eigenvalue weighted by Crippen LogP contribution is -2.38. The van der Waals surface area contributed by atoms with E-state index in [2.05, 4.69) is 6.58 Å². The predicted octanol–water partition coefficient (Wildman–Crippen LogP) is 2.19. The topological polar surface area (TPSA) is 44.8 Å². The van der Waals surface area contributed by atoms with Crippen LogP contribution in [0.2, 0.25) is 0 Å². The molecular formula is C13H18O4. The number of carbonyl (C=O) groups excluding carboxylic acids is 1. The molecule has 1 aliphatic carbocycles. The molecule has 17 heavy (non-hydrogen) atoms. The maximum Gasteiger partial charge on any atom is 0.327 e. The van der Waals surface area contributed by atoms with Gasteiger partial charge in [-0.1, -0.05) is 6.08 Å². The van der Waals surface area contributed by atoms with Crippen molar-refractivity contribution in [1.82, 2.24) is 0 Å². The Bertz CT molecular complexity index is 346. The molecule has 0 heterocycles. The zero-order chi connectivity index (χ0) is 12.9. The molecule has 0 aromatic heterocycles. The van der Waals surface area contributed by atoms with E-state index in [1.807, 2.05) is 12.2 Å². The molecular weight excluding hydrogens is 220 g/mol. The van der Waals surface area contributed by atoms with Gasteiger partial charge in [0.25, 0.3) is 0 Å². The molecule has 0 aromatic rings. The maximum absolute atomic E-state index is 12.1. The molecule has 0 aliphatic heterocycles. The minimum atomic E-state index is -1.03. The Hall–Kier alpha value is -1.71. The summed E-state index contributed by atoms with van der Waals surface area (Å²) >= 11 is 0. The fourth-order valence-corrected chi connectivity index (χ4v) is 2.13. The van der Waals surface area contributed by atoms with E-state index in [-0.39, 0.29) is 0 Å². The van der Waals surface area contributed by atoms with Gasteiger partial charge in [-0.15, -0.1) is 6.58 Å². The molecule has 94 valence electrons. The SMILES string of the molecule is C=CCC1(C(=O)OC)C(OC)=CCC=C1OC. The number of rotatable bonds is 5. The van der Waals surface area contributed by atoms with E-state index in [9.17, 15) is 4.79 Å². The third-order valence-corrected chi connectivity index (χ3v) is 2.87. The van der Waals surface area contributed by atoms with E-state index < -0.39 is 11.4 Å². The Kier molecular flexibility index (Phi) is 4.37. The number of esters is 1. The van der Waals surface area contributed by atoms with Crippen molar-refractivity contribution in [3.05, 3.63) is 36.3 Å². The summed E-state index contributed by atoms with van der Waals surface area (Å²) in [5, 5.41) is 0. The van der Waals surface area contributed by atoms with Gasteiger partial charge in [-0.2, -0.15) is 0 Å². The Morgan fingerprint density at radius 3 is 2.24 bits per heavy atom. The Balaban J connectivity index is 3.31. The molecule has 0 unspecified atom stereocenters. The Morgan fingerprint density at radius 2 is 1.88 bits per heavy atom. The maximum atomic E-state index is 12.1. The molecule has 0 aromatic carbocycles. The summed E-state index contributed by atoms with van der Waals surface area (Å²) in [4.78, 5) is 12.1. The Labute approximate surface area is 102 Å². The van der Waals surface area contributed by atoms with Crippen LogP contribution in [0.1, 0.15) is 12.8 Å². The first-order valence-corrected chi connectivity index (χ1v) is 5.36. The highest BCUT2D eigenvalue weighted by atomic mass is 16.5. The molecule has 0 fully saturated rings. The summed E-state index contributed by atoms with van der Waals surface area (Å²) in [6, 6.07) is 0. The summed E-state index contributed by atoms with van der Waals surface area (Å²) in [7, 11) is 4.42. The first kappa shape index (κ1) is 13.4. The number of hydrogen-bond donors (Lipinski definition) is 0. The number of allylic oxidation sites excluding steroid dienone is 3. The molecule has 0 bridgehead atoms. The standard InChI is InChI=1S/C13H18O4/c1-5-9-13(12(14)17-4)10(15-2)7-6-8-11(13)16-3/h5,7-8H,1,6,9H2,2-4H3. The van der Waals surface area contributed by atoms with Crippen LogP contribution in [0.5, 0.6) is 0 Å². The zero-order valence-corrected chi connectivity index (χ0v) is 10.5. The first-order chi connectivity index (χ1) is 8.17. The van der Waals surface area contributed by atoms with Crippen LogP contribution >= 0.6 is 0 Å². The van der Waals surface area contributed by atoms with Crippen molar-refractivity contribution in [2.45, 2.75) is 12.8 Å². The van der Waals surface area contributed by atoms with E-state index in [4.69, 9.17) is 14.2 Å². The molecule has 0 atom stereocenters. The fraction of sp³-hybridized carbons (Fsp3) is 0.462. The third kappa shape index (κ3) is 2.07. The molecule has 0 amide bonds. The van der Waals surface area contributed by atoms with E-state index >= 15 is 0 Å². The number of ether oxygens (including phenoxy) is 3. The van der Waals surface area contributed by atoms with Gasteiger partial charge in [0.2, 0.25) is 0 Å². The number of hydrogen-bond acceptors (Lipinski definition) is 4. The van der Waals surface area contributed by atoms with E-state index in [0.29, 0.717) is 24.4 Å². The monoisotopic (exact) mass is 238 g/mol. The van der Waals surface area contributed by atoms with Crippen molar-refractivity contribution in [2.24, 2.45) is 5.41 Å². The Morgan fingerprint density at radius 1 is 1.35 bits per heavy atom. The van der Waals surface area contributed by atoms with Crippen molar-refractivity contribution >= 4 is 5.97 Å². The van der Waals surface area contributed by atoms with Gasteiger partial charge in [0.1, 0.15) is 11.5 Å². The van der Waals surface area contributed by atoms with E-state index in [0.717, 1.165) is 0 Å². The summed E-state index contributed by atoms with van der Waals surface area (Å²) in [6.07, 6.45) is 6.40. The molecule has 0 spiro atoms. The molecule has 1 rings (SSSR count). The molecule has 0 saturated heterocycles. The summed E-state index contributed by atoms with van der Waals surface area (Å²) in [5.41, 5.74) is -1.03. The van der Waals surface area contributed by atoms with Crippen LogP contribution in [0.4, 0.5) is 0 Å². The van der Waals surface area contributed by atoms with Gasteiger partial charge < -0.3 is 14.2 Å². The second-order valence-electron chi connectivity index (χ2n) is 3.67. The lowest BCUT2D eigenvalue weighted by Gasteiger charge is -2.34. The van der Waals surface area contributed by atoms with Crippen molar-refractivity contribution in [3.63, 3.8) is 0 Å². The zero-order valence-electron chi connectivity index (χ0n) is 10.5. The van der Waals surface area contributed by atoms with Crippen LogP contribution < -0.4 is 0 Å². The van der Waals surface area contributed by atoms with Gasteiger partial charge >= 0.3 is 5.97 Å². The van der Waals surface area contributed by atoms with Crippen LogP contribution in [-0.2, 0) is 19.0 Å². The van der Waals surface area contributed by atoms with E-state index in [1.54, 1.807) is 6.08 Å². The lowest BCUT2D eigenvalue weighted by molar-refractivity contribution is -0.152. The average Bonchev–Trinajstić information content (AvgIpc) is 2.37. The van der Waals surface area contributed by atoms with Crippen LogP contribution in [-0.4, -0.2) is 27.3 Å². The normalized spacial score (nSPS) is 17.6. The quantitative estimate of drug-likeness (QED) is 0.544. The van der Waals surface area contributed by atoms with Crippen LogP contribution in [0.15, 0.2) is 36.3 Å². The van der Waals surface area contributed by atoms with Gasteiger partial charge in [-0.25, -0.2) is 0 Å². The minimum Gasteiger partial charge on any atom is -0.500 e. The second-order valence-corrected chi connectivity index (χ2v) is 3.67. The first-order valence-electron chi connectivity index (χ1n) is 5.36. The molecule has 4 nitrogen and oxygen atoms in total. The van der Waals surface area contributed by atoms with Gasteiger partial charge in [-0.3, -0.25) is 4.79 Å². The second kappa shape index (κ2) is 5.57. The highest BCUT2D eigenvalue weighted by Gasteiger charge is 2.49. The third-order valence-electron chi connectivity index (χ3n) is 2.87. The smallest absolute Gasteiger partial charge is 0.327 e. The predicted molar refractivity (Wildman–Crippen MR) is 64.1 cm³/mol. The van der Waals surface area contributed by atoms with Crippen molar-refractivity contribution in [3.8, 4) is 0 Å². The summed E-state index contributed by atoms with van der Waals surface area (Å²) < 4.78 is 15.5. The fourth-order valence-electron chi connectivity index (χ4n) is 2.13. The van der Waals surface area contributed by atoms with Crippen LogP contribution in [0.3, 0.4) is 0 Å². The average molecular weight is 238 g/mol. The largest absolute Gasteiger partial charge is 0.500 e. The van der Waals surface area contributed by atoms with Gasteiger partial charge in [0.15, 0.2) is 5.41 Å². The number of carbonyl (C=O) groups is 1. The summed E-state index contributed by atoms with van der Waals surface area (Å²) in [5.74, 6) is 0.686. The molecule has 0 saturated carbocycles. The van der Waals surface area contributed by atoms with Crippen molar-refractivity contribution in [2.75, 3.05) is 21.3 Å². The van der Waals surface area contributed by atoms with Crippen molar-refractivity contribution in [1.29, 1.82) is 0 Å². The molecule has 4 heteroatoms. The van der Waals surface area contributed by atoms with Crippen LogP contribution in [0.25, 0.3) is 0 Å². The number of methoxy groups -OCH3 is 3. The van der Waals surface area contributed by atoms with Gasteiger partial charge in [0.05, 0.1) is 21.3 Å². The van der Waals surface area contributed by atoms with Gasteiger partial charge in [-0.05, 0) is 25.0 Å². The van der Waals surface area contributed by atoms with E-state index in [1.165, 1.54) is 21.3 Å². The van der Waals surface area contributed by atoms with Crippen LogP contribution in [0, 0.1) is 5.41 Å². The highest BCUT2D eigenvalue weighted by molar-refractivity contribution is 5.84. The molecule has 0 N–H and O–H groups in total. The lowest BCUT2D eigenvalue weighted by atomic mass is 9.77.